The van der Waals surface area contributed by atoms with E-state index in [1.165, 1.54) is 25.7 Å². The minimum Gasteiger partial charge on any atom is -0.384 e. The molecule has 0 unspecified atom stereocenters. The van der Waals surface area contributed by atoms with Crippen LogP contribution in [0.5, 0.6) is 0 Å². The summed E-state index contributed by atoms with van der Waals surface area (Å²) in [5.74, 6) is 1.83. The van der Waals surface area contributed by atoms with Crippen molar-refractivity contribution in [2.75, 3.05) is 13.7 Å². The van der Waals surface area contributed by atoms with Gasteiger partial charge in [0.15, 0.2) is 0 Å². The smallest absolute Gasteiger partial charge is 0.0493 e. The topological polar surface area (TPSA) is 9.23 Å². The minimum atomic E-state index is 0.870. The molecule has 1 saturated carbocycles. The fourth-order valence-corrected chi connectivity index (χ4v) is 2.08. The maximum absolute atomic E-state index is 5.16. The first-order valence-electron chi connectivity index (χ1n) is 4.37. The average molecular weight is 142 g/mol. The van der Waals surface area contributed by atoms with E-state index in [1.807, 2.05) is 7.11 Å². The highest BCUT2D eigenvalue weighted by Crippen LogP contribution is 2.33. The molecule has 0 aromatic rings. The monoisotopic (exact) mass is 142 g/mol. The third kappa shape index (κ3) is 1.72. The van der Waals surface area contributed by atoms with E-state index >= 15 is 0 Å². The van der Waals surface area contributed by atoms with Crippen molar-refractivity contribution >= 4 is 0 Å². The Morgan fingerprint density at radius 2 is 2.00 bits per heavy atom. The van der Waals surface area contributed by atoms with Gasteiger partial charge in [0.1, 0.15) is 0 Å². The molecular weight excluding hydrogens is 124 g/mol. The Labute approximate surface area is 63.8 Å². The zero-order valence-corrected chi connectivity index (χ0v) is 7.10. The van der Waals surface area contributed by atoms with Gasteiger partial charge in [-0.05, 0) is 18.3 Å². The van der Waals surface area contributed by atoms with Crippen molar-refractivity contribution in [2.45, 2.75) is 32.6 Å². The van der Waals surface area contributed by atoms with Gasteiger partial charge in [-0.15, -0.1) is 0 Å². The van der Waals surface area contributed by atoms with E-state index in [0.717, 1.165) is 18.4 Å². The van der Waals surface area contributed by atoms with Gasteiger partial charge in [0, 0.05) is 13.7 Å². The number of rotatable bonds is 3. The second kappa shape index (κ2) is 3.97. The van der Waals surface area contributed by atoms with Gasteiger partial charge < -0.3 is 4.74 Å². The molecule has 0 aromatic heterocycles. The second-order valence-electron chi connectivity index (χ2n) is 3.31. The van der Waals surface area contributed by atoms with E-state index in [0.29, 0.717) is 0 Å². The van der Waals surface area contributed by atoms with Crippen molar-refractivity contribution in [2.24, 2.45) is 11.8 Å². The number of hydrogen-bond donors (Lipinski definition) is 0. The number of hydrogen-bond acceptors (Lipinski definition) is 1. The fraction of sp³-hybridized carbons (Fsp3) is 1.00. The van der Waals surface area contributed by atoms with Crippen LogP contribution in [0.4, 0.5) is 0 Å². The predicted octanol–water partition coefficient (Wildman–Crippen LogP) is 2.46. The van der Waals surface area contributed by atoms with Crippen LogP contribution >= 0.6 is 0 Å². The van der Waals surface area contributed by atoms with Crippen molar-refractivity contribution in [3.05, 3.63) is 0 Å². The Balaban J connectivity index is 2.27. The van der Waals surface area contributed by atoms with Gasteiger partial charge in [-0.2, -0.15) is 0 Å². The van der Waals surface area contributed by atoms with E-state index in [9.17, 15) is 0 Å². The van der Waals surface area contributed by atoms with Crippen molar-refractivity contribution in [1.82, 2.24) is 0 Å². The molecule has 1 fully saturated rings. The van der Waals surface area contributed by atoms with Crippen LogP contribution in [-0.4, -0.2) is 13.7 Å². The second-order valence-corrected chi connectivity index (χ2v) is 3.31. The standard InChI is InChI=1S/C9H18O/c1-3-8-5-4-6-9(8)7-10-2/h8-9H,3-7H2,1-2H3/t8-,9-/m0/s1. The Morgan fingerprint density at radius 3 is 2.60 bits per heavy atom. The Kier molecular flexibility index (Phi) is 3.20. The Morgan fingerprint density at radius 1 is 1.30 bits per heavy atom. The maximum Gasteiger partial charge on any atom is 0.0493 e. The van der Waals surface area contributed by atoms with Crippen LogP contribution in [-0.2, 0) is 4.74 Å². The first kappa shape index (κ1) is 8.06. The quantitative estimate of drug-likeness (QED) is 0.588. The van der Waals surface area contributed by atoms with Crippen LogP contribution in [0.1, 0.15) is 32.6 Å². The molecular formula is C9H18O. The molecule has 0 heterocycles. The van der Waals surface area contributed by atoms with Gasteiger partial charge in [-0.3, -0.25) is 0 Å². The number of methoxy groups -OCH3 is 1. The van der Waals surface area contributed by atoms with Crippen LogP contribution in [0.25, 0.3) is 0 Å². The molecule has 1 aliphatic rings. The molecule has 10 heavy (non-hydrogen) atoms. The highest BCUT2D eigenvalue weighted by molar-refractivity contribution is 4.75. The summed E-state index contributed by atoms with van der Waals surface area (Å²) in [7, 11) is 1.81. The molecule has 0 aliphatic heterocycles. The van der Waals surface area contributed by atoms with Crippen LogP contribution in [0, 0.1) is 11.8 Å². The molecule has 1 aliphatic carbocycles. The van der Waals surface area contributed by atoms with Crippen LogP contribution < -0.4 is 0 Å². The van der Waals surface area contributed by atoms with Crippen LogP contribution in [0.2, 0.25) is 0 Å². The summed E-state index contributed by atoms with van der Waals surface area (Å²) in [5, 5.41) is 0. The lowest BCUT2D eigenvalue weighted by atomic mass is 9.95. The lowest BCUT2D eigenvalue weighted by Gasteiger charge is -2.15. The molecule has 0 saturated heterocycles. The summed E-state index contributed by atoms with van der Waals surface area (Å²) in [6.07, 6.45) is 5.59. The molecule has 0 spiro atoms. The predicted molar refractivity (Wildman–Crippen MR) is 43.0 cm³/mol. The normalized spacial score (nSPS) is 33.0. The number of ether oxygens (including phenoxy) is 1. The van der Waals surface area contributed by atoms with E-state index in [-0.39, 0.29) is 0 Å². The van der Waals surface area contributed by atoms with E-state index in [2.05, 4.69) is 6.92 Å². The lowest BCUT2D eigenvalue weighted by molar-refractivity contribution is 0.131. The van der Waals surface area contributed by atoms with Gasteiger partial charge in [0.25, 0.3) is 0 Å². The summed E-state index contributed by atoms with van der Waals surface area (Å²) in [6.45, 7) is 3.27. The van der Waals surface area contributed by atoms with Crippen molar-refractivity contribution in [3.63, 3.8) is 0 Å². The molecule has 1 rings (SSSR count). The van der Waals surface area contributed by atoms with E-state index in [1.54, 1.807) is 0 Å². The molecule has 60 valence electrons. The average Bonchev–Trinajstić information content (AvgIpc) is 2.36. The highest BCUT2D eigenvalue weighted by Gasteiger charge is 2.24. The van der Waals surface area contributed by atoms with Gasteiger partial charge >= 0.3 is 0 Å². The molecule has 0 aromatic carbocycles. The van der Waals surface area contributed by atoms with E-state index in [4.69, 9.17) is 4.74 Å². The van der Waals surface area contributed by atoms with Crippen molar-refractivity contribution < 1.29 is 4.74 Å². The Bertz CT molecular complexity index is 90.7. The van der Waals surface area contributed by atoms with Gasteiger partial charge in [-0.25, -0.2) is 0 Å². The summed E-state index contributed by atoms with van der Waals surface area (Å²) >= 11 is 0. The Hall–Kier alpha value is -0.0400. The van der Waals surface area contributed by atoms with Gasteiger partial charge in [0.05, 0.1) is 0 Å². The molecule has 0 amide bonds. The zero-order valence-electron chi connectivity index (χ0n) is 7.10. The fourth-order valence-electron chi connectivity index (χ4n) is 2.08. The summed E-state index contributed by atoms with van der Waals surface area (Å²) in [6, 6.07) is 0. The minimum absolute atomic E-state index is 0.870. The molecule has 1 heteroatoms. The van der Waals surface area contributed by atoms with Gasteiger partial charge in [-0.1, -0.05) is 26.2 Å². The first-order valence-corrected chi connectivity index (χ1v) is 4.37. The van der Waals surface area contributed by atoms with E-state index < -0.39 is 0 Å². The highest BCUT2D eigenvalue weighted by atomic mass is 16.5. The molecule has 0 bridgehead atoms. The lowest BCUT2D eigenvalue weighted by Crippen LogP contribution is -2.12. The third-order valence-electron chi connectivity index (χ3n) is 2.72. The van der Waals surface area contributed by atoms with Crippen molar-refractivity contribution in [3.8, 4) is 0 Å². The molecule has 0 N–H and O–H groups in total. The molecule has 2 atom stereocenters. The molecule has 0 radical (unpaired) electrons. The van der Waals surface area contributed by atoms with Crippen LogP contribution in [0.3, 0.4) is 0 Å². The summed E-state index contributed by atoms with van der Waals surface area (Å²) in [5.41, 5.74) is 0. The summed E-state index contributed by atoms with van der Waals surface area (Å²) in [4.78, 5) is 0. The van der Waals surface area contributed by atoms with Crippen molar-refractivity contribution in [1.29, 1.82) is 0 Å². The van der Waals surface area contributed by atoms with Gasteiger partial charge in [0.2, 0.25) is 0 Å². The van der Waals surface area contributed by atoms with Crippen LogP contribution in [0.15, 0.2) is 0 Å². The SMILES string of the molecule is CC[C@H]1CCC[C@H]1COC. The third-order valence-corrected chi connectivity index (χ3v) is 2.72. The largest absolute Gasteiger partial charge is 0.384 e. The molecule has 1 nitrogen and oxygen atoms in total. The maximum atomic E-state index is 5.16. The first-order chi connectivity index (χ1) is 4.88. The zero-order chi connectivity index (χ0) is 7.40. The summed E-state index contributed by atoms with van der Waals surface area (Å²) < 4.78 is 5.16.